The second-order valence-electron chi connectivity index (χ2n) is 6.61. The summed E-state index contributed by atoms with van der Waals surface area (Å²) in [6.07, 6.45) is 4.49. The predicted octanol–water partition coefficient (Wildman–Crippen LogP) is 4.05. The Hall–Kier alpha value is -3.14. The van der Waals surface area contributed by atoms with Gasteiger partial charge in [-0.25, -0.2) is 0 Å². The number of rotatable bonds is 4. The topological polar surface area (TPSA) is 36.4 Å². The average molecular weight is 343 g/mol. The maximum atomic E-state index is 12.8. The number of nitrogens with zero attached hydrogens (tertiary/aromatic N) is 3. The molecule has 0 aliphatic carbocycles. The summed E-state index contributed by atoms with van der Waals surface area (Å²) in [7, 11) is 1.83. The smallest absolute Gasteiger partial charge is 0.255 e. The summed E-state index contributed by atoms with van der Waals surface area (Å²) >= 11 is 0. The molecule has 0 radical (unpaired) electrons. The largest absolute Gasteiger partial charge is 0.340 e. The Balaban J connectivity index is 1.55. The molecule has 2 heterocycles. The van der Waals surface area contributed by atoms with Crippen LogP contribution in [0.4, 0.5) is 11.4 Å². The normalized spacial score (nSPS) is 12.7. The molecule has 2 aromatic carbocycles. The second-order valence-corrected chi connectivity index (χ2v) is 6.61. The maximum Gasteiger partial charge on any atom is 0.255 e. The van der Waals surface area contributed by atoms with Gasteiger partial charge in [0.25, 0.3) is 5.91 Å². The van der Waals surface area contributed by atoms with Crippen molar-refractivity contribution in [3.05, 3.63) is 89.7 Å². The molecule has 1 aliphatic heterocycles. The van der Waals surface area contributed by atoms with Crippen molar-refractivity contribution < 1.29 is 4.79 Å². The molecule has 4 rings (SSSR count). The van der Waals surface area contributed by atoms with E-state index >= 15 is 0 Å². The number of aromatic nitrogens is 1. The molecule has 3 aromatic rings. The zero-order chi connectivity index (χ0) is 17.9. The average Bonchev–Trinajstić information content (AvgIpc) is 3.12. The minimum absolute atomic E-state index is 0.0179. The molecule has 0 saturated carbocycles. The Bertz CT molecular complexity index is 923. The monoisotopic (exact) mass is 343 g/mol. The first-order valence-corrected chi connectivity index (χ1v) is 8.82. The van der Waals surface area contributed by atoms with Crippen LogP contribution in [0.5, 0.6) is 0 Å². The summed E-state index contributed by atoms with van der Waals surface area (Å²) < 4.78 is 0. The fourth-order valence-corrected chi connectivity index (χ4v) is 3.45. The molecule has 26 heavy (non-hydrogen) atoms. The van der Waals surface area contributed by atoms with Crippen LogP contribution in [0, 0.1) is 0 Å². The first-order valence-electron chi connectivity index (χ1n) is 8.82. The molecule has 0 N–H and O–H groups in total. The van der Waals surface area contributed by atoms with Crippen molar-refractivity contribution in [2.45, 2.75) is 13.0 Å². The Labute approximate surface area is 153 Å². The molecular formula is C22H21N3O. The molecule has 0 unspecified atom stereocenters. The molecule has 4 heteroatoms. The third kappa shape index (κ3) is 3.18. The van der Waals surface area contributed by atoms with Gasteiger partial charge in [-0.1, -0.05) is 48.5 Å². The lowest BCUT2D eigenvalue weighted by molar-refractivity contribution is 0.0784. The standard InChI is InChI=1S/C22H21N3O/c1-24(16-17-7-3-2-4-8-17)22(26)19-13-20(15-23-14-19)25-12-11-18-9-5-6-10-21(18)25/h2-10,13-15H,11-12,16H2,1H3. The van der Waals surface area contributed by atoms with Crippen LogP contribution >= 0.6 is 0 Å². The van der Waals surface area contributed by atoms with Crippen molar-refractivity contribution >= 4 is 17.3 Å². The number of carbonyl (C=O) groups is 1. The predicted molar refractivity (Wildman–Crippen MR) is 104 cm³/mol. The van der Waals surface area contributed by atoms with E-state index in [1.165, 1.54) is 11.3 Å². The molecule has 0 fully saturated rings. The van der Waals surface area contributed by atoms with Gasteiger partial charge in [-0.05, 0) is 29.7 Å². The molecular weight excluding hydrogens is 322 g/mol. The van der Waals surface area contributed by atoms with E-state index in [1.807, 2.05) is 55.7 Å². The zero-order valence-electron chi connectivity index (χ0n) is 14.8. The van der Waals surface area contributed by atoms with Crippen LogP contribution in [0.15, 0.2) is 73.1 Å². The van der Waals surface area contributed by atoms with Crippen molar-refractivity contribution in [3.8, 4) is 0 Å². The quantitative estimate of drug-likeness (QED) is 0.717. The highest BCUT2D eigenvalue weighted by atomic mass is 16.2. The number of pyridine rings is 1. The maximum absolute atomic E-state index is 12.8. The first kappa shape index (κ1) is 16.3. The zero-order valence-corrected chi connectivity index (χ0v) is 14.8. The summed E-state index contributed by atoms with van der Waals surface area (Å²) in [6, 6.07) is 20.3. The summed E-state index contributed by atoms with van der Waals surface area (Å²) in [5.41, 5.74) is 5.24. The minimum Gasteiger partial charge on any atom is -0.340 e. The van der Waals surface area contributed by atoms with E-state index in [1.54, 1.807) is 11.1 Å². The van der Waals surface area contributed by atoms with Crippen LogP contribution in [0.25, 0.3) is 0 Å². The molecule has 130 valence electrons. The molecule has 0 saturated heterocycles. The SMILES string of the molecule is CN(Cc1ccccc1)C(=O)c1cncc(N2CCc3ccccc32)c1. The van der Waals surface area contributed by atoms with Crippen LogP contribution < -0.4 is 4.90 Å². The third-order valence-electron chi connectivity index (χ3n) is 4.78. The van der Waals surface area contributed by atoms with Crippen molar-refractivity contribution in [1.82, 2.24) is 9.88 Å². The van der Waals surface area contributed by atoms with Gasteiger partial charge in [0, 0.05) is 32.0 Å². The van der Waals surface area contributed by atoms with E-state index in [9.17, 15) is 4.79 Å². The number of carbonyl (C=O) groups excluding carboxylic acids is 1. The molecule has 0 bridgehead atoms. The Morgan fingerprint density at radius 3 is 2.69 bits per heavy atom. The minimum atomic E-state index is -0.0179. The third-order valence-corrected chi connectivity index (χ3v) is 4.78. The molecule has 1 aromatic heterocycles. The van der Waals surface area contributed by atoms with Gasteiger partial charge in [-0.2, -0.15) is 0 Å². The number of anilines is 2. The van der Waals surface area contributed by atoms with Crippen LogP contribution in [-0.4, -0.2) is 29.4 Å². The molecule has 0 spiro atoms. The lowest BCUT2D eigenvalue weighted by Gasteiger charge is -2.21. The number of hydrogen-bond donors (Lipinski definition) is 0. The number of benzene rings is 2. The molecule has 1 amide bonds. The van der Waals surface area contributed by atoms with Crippen molar-refractivity contribution in [2.75, 3.05) is 18.5 Å². The highest BCUT2D eigenvalue weighted by Gasteiger charge is 2.21. The molecule has 0 atom stereocenters. The fraction of sp³-hybridized carbons (Fsp3) is 0.182. The van der Waals surface area contributed by atoms with Crippen molar-refractivity contribution in [1.29, 1.82) is 0 Å². The van der Waals surface area contributed by atoms with Crippen LogP contribution in [0.3, 0.4) is 0 Å². The highest BCUT2D eigenvalue weighted by Crippen LogP contribution is 2.34. The van der Waals surface area contributed by atoms with E-state index in [-0.39, 0.29) is 5.91 Å². The fourth-order valence-electron chi connectivity index (χ4n) is 3.45. The van der Waals surface area contributed by atoms with Crippen molar-refractivity contribution in [2.24, 2.45) is 0 Å². The summed E-state index contributed by atoms with van der Waals surface area (Å²) in [5.74, 6) is -0.0179. The van der Waals surface area contributed by atoms with Gasteiger partial charge in [0.2, 0.25) is 0 Å². The Morgan fingerprint density at radius 1 is 1.08 bits per heavy atom. The van der Waals surface area contributed by atoms with Crippen LogP contribution in [0.1, 0.15) is 21.5 Å². The summed E-state index contributed by atoms with van der Waals surface area (Å²) in [5, 5.41) is 0. The Kier molecular flexibility index (Phi) is 4.40. The van der Waals surface area contributed by atoms with E-state index in [4.69, 9.17) is 0 Å². The van der Waals surface area contributed by atoms with Gasteiger partial charge < -0.3 is 9.80 Å². The van der Waals surface area contributed by atoms with E-state index in [2.05, 4.69) is 28.1 Å². The Morgan fingerprint density at radius 2 is 1.85 bits per heavy atom. The number of para-hydroxylation sites is 1. The van der Waals surface area contributed by atoms with Gasteiger partial charge >= 0.3 is 0 Å². The van der Waals surface area contributed by atoms with Gasteiger partial charge in [-0.15, -0.1) is 0 Å². The van der Waals surface area contributed by atoms with E-state index in [0.717, 1.165) is 24.2 Å². The van der Waals surface area contributed by atoms with Gasteiger partial charge in [0.1, 0.15) is 0 Å². The van der Waals surface area contributed by atoms with E-state index in [0.29, 0.717) is 12.1 Å². The molecule has 4 nitrogen and oxygen atoms in total. The van der Waals surface area contributed by atoms with Crippen LogP contribution in [0.2, 0.25) is 0 Å². The number of fused-ring (bicyclic) bond motifs is 1. The lowest BCUT2D eigenvalue weighted by Crippen LogP contribution is -2.26. The van der Waals surface area contributed by atoms with Crippen LogP contribution in [-0.2, 0) is 13.0 Å². The first-order chi connectivity index (χ1) is 12.7. The summed E-state index contributed by atoms with van der Waals surface area (Å²) in [6.45, 7) is 1.50. The summed E-state index contributed by atoms with van der Waals surface area (Å²) in [4.78, 5) is 21.1. The lowest BCUT2D eigenvalue weighted by atomic mass is 10.1. The van der Waals surface area contributed by atoms with E-state index < -0.39 is 0 Å². The van der Waals surface area contributed by atoms with Gasteiger partial charge in [0.05, 0.1) is 17.4 Å². The van der Waals surface area contributed by atoms with Crippen molar-refractivity contribution in [3.63, 3.8) is 0 Å². The van der Waals surface area contributed by atoms with Gasteiger partial charge in [0.15, 0.2) is 0 Å². The second kappa shape index (κ2) is 7.00. The number of amides is 1. The molecule has 1 aliphatic rings. The highest BCUT2D eigenvalue weighted by molar-refractivity contribution is 5.95. The number of hydrogen-bond acceptors (Lipinski definition) is 3. The van der Waals surface area contributed by atoms with Gasteiger partial charge in [-0.3, -0.25) is 9.78 Å².